The van der Waals surface area contributed by atoms with Gasteiger partial charge in [0.05, 0.1) is 6.54 Å². The van der Waals surface area contributed by atoms with E-state index >= 15 is 0 Å². The number of pyridine rings is 1. The summed E-state index contributed by atoms with van der Waals surface area (Å²) in [4.78, 5) is 15.2. The Hall–Kier alpha value is -1.82. The molecule has 5 N–H and O–H groups in total. The van der Waals surface area contributed by atoms with Gasteiger partial charge in [0, 0.05) is 6.54 Å². The molecule has 1 aromatic rings. The molecule has 0 aliphatic carbocycles. The van der Waals surface area contributed by atoms with Crippen LogP contribution in [0.3, 0.4) is 0 Å². The first-order valence-electron chi connectivity index (χ1n) is 4.70. The van der Waals surface area contributed by atoms with E-state index < -0.39 is 0 Å². The van der Waals surface area contributed by atoms with Crippen molar-refractivity contribution < 1.29 is 4.79 Å². The molecule has 0 atom stereocenters. The number of nitrogens with one attached hydrogen (secondary N) is 3. The molecule has 0 aromatic carbocycles. The van der Waals surface area contributed by atoms with Crippen molar-refractivity contribution >= 4 is 17.5 Å². The Labute approximate surface area is 88.2 Å². The summed E-state index contributed by atoms with van der Waals surface area (Å²) in [5, 5.41) is 5.56. The van der Waals surface area contributed by atoms with Crippen LogP contribution in [0.15, 0.2) is 18.2 Å². The van der Waals surface area contributed by atoms with Crippen molar-refractivity contribution in [2.75, 3.05) is 23.8 Å². The maximum Gasteiger partial charge on any atom is 0.239 e. The highest BCUT2D eigenvalue weighted by Crippen LogP contribution is 2.06. The van der Waals surface area contributed by atoms with Gasteiger partial charge in [-0.2, -0.15) is 0 Å². The Balaban J connectivity index is 2.46. The number of hydrogen-bond donors (Lipinski definition) is 4. The predicted octanol–water partition coefficient (Wildman–Crippen LogP) is -0.0848. The van der Waals surface area contributed by atoms with Crippen LogP contribution in [0, 0.1) is 0 Å². The van der Waals surface area contributed by atoms with Crippen LogP contribution >= 0.6 is 0 Å². The maximum atomic E-state index is 11.1. The molecular formula is C9H15N5O. The second kappa shape index (κ2) is 5.82. The highest BCUT2D eigenvalue weighted by atomic mass is 16.1. The number of hydrazine groups is 1. The van der Waals surface area contributed by atoms with Gasteiger partial charge in [-0.15, -0.1) is 0 Å². The van der Waals surface area contributed by atoms with E-state index in [0.717, 1.165) is 0 Å². The number of anilines is 2. The molecule has 1 amide bonds. The predicted molar refractivity (Wildman–Crippen MR) is 59.2 cm³/mol. The molecule has 0 saturated carbocycles. The van der Waals surface area contributed by atoms with E-state index in [1.165, 1.54) is 0 Å². The first-order valence-corrected chi connectivity index (χ1v) is 4.70. The molecule has 6 nitrogen and oxygen atoms in total. The quantitative estimate of drug-likeness (QED) is 0.402. The van der Waals surface area contributed by atoms with E-state index in [9.17, 15) is 4.79 Å². The van der Waals surface area contributed by atoms with Gasteiger partial charge in [0.25, 0.3) is 0 Å². The standard InChI is InChI=1S/C9H15N5O/c1-2-11-9(15)6-12-7-4-3-5-8(13-7)14-10/h3-5H,2,6,10H2,1H3,(H,11,15)(H2,12,13,14). The average molecular weight is 209 g/mol. The first-order chi connectivity index (χ1) is 7.26. The lowest BCUT2D eigenvalue weighted by molar-refractivity contribution is -0.119. The fraction of sp³-hybridized carbons (Fsp3) is 0.333. The minimum Gasteiger partial charge on any atom is -0.361 e. The minimum atomic E-state index is -0.0644. The summed E-state index contributed by atoms with van der Waals surface area (Å²) in [7, 11) is 0. The van der Waals surface area contributed by atoms with E-state index in [1.54, 1.807) is 18.2 Å². The number of likely N-dealkylation sites (N-methyl/N-ethyl adjacent to an activating group) is 1. The molecule has 15 heavy (non-hydrogen) atoms. The lowest BCUT2D eigenvalue weighted by Gasteiger charge is -2.06. The second-order valence-electron chi connectivity index (χ2n) is 2.86. The molecule has 1 rings (SSSR count). The number of hydrogen-bond acceptors (Lipinski definition) is 5. The van der Waals surface area contributed by atoms with E-state index in [1.807, 2.05) is 6.92 Å². The Bertz CT molecular complexity index is 328. The number of rotatable bonds is 5. The van der Waals surface area contributed by atoms with Crippen LogP contribution in [0.4, 0.5) is 11.6 Å². The third-order valence-electron chi connectivity index (χ3n) is 1.70. The van der Waals surface area contributed by atoms with Crippen LogP contribution in [-0.2, 0) is 4.79 Å². The SMILES string of the molecule is CCNC(=O)CNc1cccc(NN)n1. The summed E-state index contributed by atoms with van der Waals surface area (Å²) in [5.74, 6) is 6.30. The maximum absolute atomic E-state index is 11.1. The van der Waals surface area contributed by atoms with Gasteiger partial charge in [-0.25, -0.2) is 10.8 Å². The number of nitrogens with zero attached hydrogens (tertiary/aromatic N) is 1. The minimum absolute atomic E-state index is 0.0644. The van der Waals surface area contributed by atoms with Gasteiger partial charge in [0.1, 0.15) is 11.6 Å². The van der Waals surface area contributed by atoms with Crippen molar-refractivity contribution in [1.29, 1.82) is 0 Å². The number of aromatic nitrogens is 1. The highest BCUT2D eigenvalue weighted by Gasteiger charge is 2.00. The van der Waals surface area contributed by atoms with E-state index in [2.05, 4.69) is 21.0 Å². The van der Waals surface area contributed by atoms with Gasteiger partial charge in [0.15, 0.2) is 0 Å². The van der Waals surface area contributed by atoms with Crippen molar-refractivity contribution in [3.8, 4) is 0 Å². The normalized spacial score (nSPS) is 9.47. The molecule has 0 bridgehead atoms. The fourth-order valence-electron chi connectivity index (χ4n) is 1.04. The summed E-state index contributed by atoms with van der Waals surface area (Å²) >= 11 is 0. The highest BCUT2D eigenvalue weighted by molar-refractivity contribution is 5.80. The van der Waals surface area contributed by atoms with E-state index in [-0.39, 0.29) is 12.5 Å². The van der Waals surface area contributed by atoms with Gasteiger partial charge in [-0.3, -0.25) is 4.79 Å². The van der Waals surface area contributed by atoms with Crippen molar-refractivity contribution in [3.63, 3.8) is 0 Å². The van der Waals surface area contributed by atoms with E-state index in [4.69, 9.17) is 5.84 Å². The summed E-state index contributed by atoms with van der Waals surface area (Å²) in [6, 6.07) is 5.29. The molecule has 1 aromatic heterocycles. The van der Waals surface area contributed by atoms with Crippen LogP contribution < -0.4 is 21.9 Å². The number of nitrogen functional groups attached to an aromatic ring is 1. The van der Waals surface area contributed by atoms with Crippen molar-refractivity contribution in [1.82, 2.24) is 10.3 Å². The number of nitrogens with two attached hydrogens (primary N) is 1. The summed E-state index contributed by atoms with van der Waals surface area (Å²) in [5.41, 5.74) is 2.43. The third kappa shape index (κ3) is 3.82. The lowest BCUT2D eigenvalue weighted by Crippen LogP contribution is -2.29. The lowest BCUT2D eigenvalue weighted by atomic mass is 10.4. The molecule has 0 spiro atoms. The topological polar surface area (TPSA) is 92.1 Å². The Morgan fingerprint density at radius 2 is 2.20 bits per heavy atom. The second-order valence-corrected chi connectivity index (χ2v) is 2.86. The number of carbonyl (C=O) groups excluding carboxylic acids is 1. The zero-order chi connectivity index (χ0) is 11.1. The molecule has 0 radical (unpaired) electrons. The Kier molecular flexibility index (Phi) is 4.36. The van der Waals surface area contributed by atoms with Crippen LogP contribution in [0.5, 0.6) is 0 Å². The van der Waals surface area contributed by atoms with Crippen molar-refractivity contribution in [3.05, 3.63) is 18.2 Å². The summed E-state index contributed by atoms with van der Waals surface area (Å²) < 4.78 is 0. The zero-order valence-corrected chi connectivity index (χ0v) is 8.58. The largest absolute Gasteiger partial charge is 0.361 e. The van der Waals surface area contributed by atoms with Crippen LogP contribution in [0.1, 0.15) is 6.92 Å². The Morgan fingerprint density at radius 3 is 2.87 bits per heavy atom. The van der Waals surface area contributed by atoms with Crippen LogP contribution in [-0.4, -0.2) is 24.0 Å². The van der Waals surface area contributed by atoms with Crippen LogP contribution in [0.25, 0.3) is 0 Å². The number of carbonyl (C=O) groups is 1. The molecule has 0 fully saturated rings. The molecule has 0 saturated heterocycles. The van der Waals surface area contributed by atoms with Gasteiger partial charge in [-0.1, -0.05) is 6.07 Å². The average Bonchev–Trinajstić information content (AvgIpc) is 2.27. The van der Waals surface area contributed by atoms with Gasteiger partial charge in [-0.05, 0) is 19.1 Å². The van der Waals surface area contributed by atoms with Crippen molar-refractivity contribution in [2.45, 2.75) is 6.92 Å². The molecular weight excluding hydrogens is 194 g/mol. The molecule has 0 unspecified atom stereocenters. The van der Waals surface area contributed by atoms with Crippen LogP contribution in [0.2, 0.25) is 0 Å². The molecule has 6 heteroatoms. The monoisotopic (exact) mass is 209 g/mol. The molecule has 0 aliphatic rings. The zero-order valence-electron chi connectivity index (χ0n) is 8.58. The third-order valence-corrected chi connectivity index (χ3v) is 1.70. The fourth-order valence-corrected chi connectivity index (χ4v) is 1.04. The van der Waals surface area contributed by atoms with E-state index in [0.29, 0.717) is 18.2 Å². The molecule has 0 aliphatic heterocycles. The van der Waals surface area contributed by atoms with Gasteiger partial charge < -0.3 is 16.1 Å². The van der Waals surface area contributed by atoms with Crippen molar-refractivity contribution in [2.24, 2.45) is 5.84 Å². The van der Waals surface area contributed by atoms with Gasteiger partial charge >= 0.3 is 0 Å². The molecule has 1 heterocycles. The number of amides is 1. The summed E-state index contributed by atoms with van der Waals surface area (Å²) in [6.07, 6.45) is 0. The van der Waals surface area contributed by atoms with Gasteiger partial charge in [0.2, 0.25) is 5.91 Å². The summed E-state index contributed by atoms with van der Waals surface area (Å²) in [6.45, 7) is 2.70. The Morgan fingerprint density at radius 1 is 1.47 bits per heavy atom. The first kappa shape index (κ1) is 11.3. The molecule has 82 valence electrons. The smallest absolute Gasteiger partial charge is 0.239 e.